The molecule has 0 aliphatic carbocycles. The van der Waals surface area contributed by atoms with Crippen LogP contribution in [0, 0.1) is 0 Å². The summed E-state index contributed by atoms with van der Waals surface area (Å²) in [5.74, 6) is 0.0234. The van der Waals surface area contributed by atoms with Gasteiger partial charge in [-0.05, 0) is 24.5 Å². The van der Waals surface area contributed by atoms with Crippen molar-refractivity contribution in [3.63, 3.8) is 0 Å². The summed E-state index contributed by atoms with van der Waals surface area (Å²) in [6.45, 7) is 1.35. The standard InChI is InChI=1S/C14H18O4S/c1-17-14(15)13-5-3-2-4-11(13)10-19(16)12-6-8-18-9-7-12/h2-5,12H,6-10H2,1H3. The molecule has 0 N–H and O–H groups in total. The van der Waals surface area contributed by atoms with Crippen LogP contribution in [0.3, 0.4) is 0 Å². The van der Waals surface area contributed by atoms with Crippen molar-refractivity contribution in [2.45, 2.75) is 23.8 Å². The minimum Gasteiger partial charge on any atom is -0.465 e. The van der Waals surface area contributed by atoms with Crippen molar-refractivity contribution in [1.82, 2.24) is 0 Å². The zero-order valence-electron chi connectivity index (χ0n) is 11.0. The molecule has 0 bridgehead atoms. The zero-order valence-corrected chi connectivity index (χ0v) is 11.8. The van der Waals surface area contributed by atoms with Gasteiger partial charge in [-0.15, -0.1) is 0 Å². The molecule has 1 fully saturated rings. The summed E-state index contributed by atoms with van der Waals surface area (Å²) in [5.41, 5.74) is 1.30. The van der Waals surface area contributed by atoms with Gasteiger partial charge in [0.1, 0.15) is 0 Å². The molecule has 4 nitrogen and oxygen atoms in total. The quantitative estimate of drug-likeness (QED) is 0.792. The van der Waals surface area contributed by atoms with E-state index in [-0.39, 0.29) is 11.2 Å². The number of rotatable bonds is 4. The van der Waals surface area contributed by atoms with Crippen molar-refractivity contribution in [3.05, 3.63) is 35.4 Å². The molecule has 0 spiro atoms. The van der Waals surface area contributed by atoms with Crippen molar-refractivity contribution in [2.24, 2.45) is 0 Å². The molecule has 1 aliphatic rings. The minimum atomic E-state index is -0.974. The summed E-state index contributed by atoms with van der Waals surface area (Å²) in [4.78, 5) is 11.7. The van der Waals surface area contributed by atoms with Gasteiger partial charge in [0.2, 0.25) is 0 Å². The maximum atomic E-state index is 12.3. The van der Waals surface area contributed by atoms with Crippen molar-refractivity contribution in [2.75, 3.05) is 20.3 Å². The Balaban J connectivity index is 2.09. The molecule has 1 aromatic rings. The van der Waals surface area contributed by atoms with E-state index in [1.165, 1.54) is 7.11 Å². The highest BCUT2D eigenvalue weighted by Gasteiger charge is 2.22. The Labute approximate surface area is 115 Å². The highest BCUT2D eigenvalue weighted by molar-refractivity contribution is 7.84. The second-order valence-corrected chi connectivity index (χ2v) is 6.20. The van der Waals surface area contributed by atoms with Crippen LogP contribution in [-0.2, 0) is 26.0 Å². The molecule has 1 heterocycles. The summed E-state index contributed by atoms with van der Waals surface area (Å²) in [5, 5.41) is 0.166. The van der Waals surface area contributed by atoms with Gasteiger partial charge in [0.05, 0.1) is 12.7 Å². The number of carbonyl (C=O) groups excluding carboxylic acids is 1. The molecule has 1 aromatic carbocycles. The lowest BCUT2D eigenvalue weighted by Gasteiger charge is -2.21. The molecule has 1 atom stereocenters. The van der Waals surface area contributed by atoms with Gasteiger partial charge in [0.25, 0.3) is 0 Å². The molecular weight excluding hydrogens is 264 g/mol. The van der Waals surface area contributed by atoms with Crippen molar-refractivity contribution < 1.29 is 18.5 Å². The second-order valence-electron chi connectivity index (χ2n) is 4.49. The van der Waals surface area contributed by atoms with Crippen LogP contribution in [0.2, 0.25) is 0 Å². The molecule has 1 saturated heterocycles. The van der Waals surface area contributed by atoms with Crippen LogP contribution < -0.4 is 0 Å². The van der Waals surface area contributed by atoms with E-state index < -0.39 is 10.8 Å². The van der Waals surface area contributed by atoms with E-state index in [1.54, 1.807) is 12.1 Å². The third kappa shape index (κ3) is 3.64. The average Bonchev–Trinajstić information content (AvgIpc) is 2.48. The maximum Gasteiger partial charge on any atom is 0.338 e. The Morgan fingerprint density at radius 2 is 2.05 bits per heavy atom. The van der Waals surface area contributed by atoms with Gasteiger partial charge in [0.15, 0.2) is 0 Å². The first-order valence-corrected chi connectivity index (χ1v) is 7.71. The lowest BCUT2D eigenvalue weighted by Crippen LogP contribution is -2.26. The summed E-state index contributed by atoms with van der Waals surface area (Å²) >= 11 is 0. The maximum absolute atomic E-state index is 12.3. The van der Waals surface area contributed by atoms with E-state index in [0.29, 0.717) is 24.5 Å². The number of esters is 1. The van der Waals surface area contributed by atoms with E-state index >= 15 is 0 Å². The minimum absolute atomic E-state index is 0.166. The van der Waals surface area contributed by atoms with Gasteiger partial charge >= 0.3 is 5.97 Å². The summed E-state index contributed by atoms with van der Waals surface area (Å²) in [6.07, 6.45) is 1.65. The van der Waals surface area contributed by atoms with E-state index in [9.17, 15) is 9.00 Å². The predicted octanol–water partition coefficient (Wildman–Crippen LogP) is 1.90. The second kappa shape index (κ2) is 6.82. The van der Waals surface area contributed by atoms with Crippen LogP contribution in [-0.4, -0.2) is 35.8 Å². The fraction of sp³-hybridized carbons (Fsp3) is 0.500. The molecule has 19 heavy (non-hydrogen) atoms. The largest absolute Gasteiger partial charge is 0.465 e. The van der Waals surface area contributed by atoms with Crippen LogP contribution in [0.1, 0.15) is 28.8 Å². The third-order valence-corrected chi connectivity index (χ3v) is 5.07. The summed E-state index contributed by atoms with van der Waals surface area (Å²) < 4.78 is 22.4. The SMILES string of the molecule is COC(=O)c1ccccc1CS(=O)C1CCOCC1. The topological polar surface area (TPSA) is 52.6 Å². The Morgan fingerprint density at radius 1 is 1.37 bits per heavy atom. The summed E-state index contributed by atoms with van der Waals surface area (Å²) in [7, 11) is 0.382. The van der Waals surface area contributed by atoms with E-state index in [0.717, 1.165) is 18.4 Å². The molecular formula is C14H18O4S. The van der Waals surface area contributed by atoms with Gasteiger partial charge in [0, 0.05) is 35.0 Å². The first-order chi connectivity index (χ1) is 9.22. The van der Waals surface area contributed by atoms with Crippen LogP contribution in [0.15, 0.2) is 24.3 Å². The van der Waals surface area contributed by atoms with Crippen LogP contribution in [0.4, 0.5) is 0 Å². The first-order valence-electron chi connectivity index (χ1n) is 6.33. The predicted molar refractivity (Wildman–Crippen MR) is 73.5 cm³/mol. The highest BCUT2D eigenvalue weighted by Crippen LogP contribution is 2.19. The average molecular weight is 282 g/mol. The molecule has 0 radical (unpaired) electrons. The Morgan fingerprint density at radius 3 is 2.74 bits per heavy atom. The number of benzene rings is 1. The number of hydrogen-bond donors (Lipinski definition) is 0. The van der Waals surface area contributed by atoms with Gasteiger partial charge in [-0.2, -0.15) is 0 Å². The fourth-order valence-electron chi connectivity index (χ4n) is 2.17. The van der Waals surface area contributed by atoms with E-state index in [2.05, 4.69) is 0 Å². The smallest absolute Gasteiger partial charge is 0.338 e. The number of carbonyl (C=O) groups is 1. The fourth-order valence-corrected chi connectivity index (χ4v) is 3.68. The molecule has 0 saturated carbocycles. The number of ether oxygens (including phenoxy) is 2. The van der Waals surface area contributed by atoms with Crippen LogP contribution in [0.5, 0.6) is 0 Å². The van der Waals surface area contributed by atoms with Crippen LogP contribution in [0.25, 0.3) is 0 Å². The van der Waals surface area contributed by atoms with Crippen molar-refractivity contribution in [3.8, 4) is 0 Å². The molecule has 2 rings (SSSR count). The molecule has 1 aliphatic heterocycles. The monoisotopic (exact) mass is 282 g/mol. The molecule has 0 amide bonds. The van der Waals surface area contributed by atoms with Crippen molar-refractivity contribution in [1.29, 1.82) is 0 Å². The number of methoxy groups -OCH3 is 1. The zero-order chi connectivity index (χ0) is 13.7. The Kier molecular flexibility index (Phi) is 5.10. The summed E-state index contributed by atoms with van der Waals surface area (Å²) in [6, 6.07) is 7.18. The third-order valence-electron chi connectivity index (χ3n) is 3.26. The number of hydrogen-bond acceptors (Lipinski definition) is 4. The molecule has 1 unspecified atom stereocenters. The Bertz CT molecular complexity index is 466. The van der Waals surface area contributed by atoms with Gasteiger partial charge in [-0.1, -0.05) is 18.2 Å². The van der Waals surface area contributed by atoms with Crippen LogP contribution >= 0.6 is 0 Å². The molecule has 104 valence electrons. The van der Waals surface area contributed by atoms with Gasteiger partial charge in [-0.3, -0.25) is 4.21 Å². The lowest BCUT2D eigenvalue weighted by atomic mass is 10.1. The molecule has 5 heteroatoms. The van der Waals surface area contributed by atoms with E-state index in [4.69, 9.17) is 9.47 Å². The Hall–Kier alpha value is -1.20. The lowest BCUT2D eigenvalue weighted by molar-refractivity contribution is 0.0600. The highest BCUT2D eigenvalue weighted by atomic mass is 32.2. The normalized spacial score (nSPS) is 17.9. The molecule has 0 aromatic heterocycles. The van der Waals surface area contributed by atoms with Gasteiger partial charge < -0.3 is 9.47 Å². The van der Waals surface area contributed by atoms with E-state index in [1.807, 2.05) is 12.1 Å². The van der Waals surface area contributed by atoms with Crippen molar-refractivity contribution >= 4 is 16.8 Å². The first kappa shape index (κ1) is 14.2. The van der Waals surface area contributed by atoms with Gasteiger partial charge in [-0.25, -0.2) is 4.79 Å².